The van der Waals surface area contributed by atoms with Crippen molar-refractivity contribution in [2.24, 2.45) is 0 Å². The topological polar surface area (TPSA) is 96.0 Å². The van der Waals surface area contributed by atoms with Gasteiger partial charge >= 0.3 is 0 Å². The number of rotatable bonds is 15. The van der Waals surface area contributed by atoms with Crippen LogP contribution >= 0.6 is 0 Å². The molecule has 2 atom stereocenters. The number of amides is 2. The summed E-state index contributed by atoms with van der Waals surface area (Å²) < 4.78 is 50.8. The van der Waals surface area contributed by atoms with Gasteiger partial charge in [0.05, 0.1) is 10.6 Å². The number of hydrogen-bond acceptors (Lipinski definition) is 5. The second-order valence-electron chi connectivity index (χ2n) is 12.4. The van der Waals surface area contributed by atoms with Crippen molar-refractivity contribution in [3.05, 3.63) is 156 Å². The lowest BCUT2D eigenvalue weighted by Crippen LogP contribution is -2.54. The van der Waals surface area contributed by atoms with Gasteiger partial charge in [-0.25, -0.2) is 12.8 Å². The summed E-state index contributed by atoms with van der Waals surface area (Å²) in [6.45, 7) is 4.72. The molecule has 8 nitrogen and oxygen atoms in total. The number of halogens is 1. The average molecular weight is 708 g/mol. The predicted molar refractivity (Wildman–Crippen MR) is 197 cm³/mol. The minimum absolute atomic E-state index is 0.0125. The second kappa shape index (κ2) is 17.0. The summed E-state index contributed by atoms with van der Waals surface area (Å²) in [4.78, 5) is 29.9. The molecule has 1 N–H and O–H groups in total. The summed E-state index contributed by atoms with van der Waals surface area (Å²) in [5.74, 6) is -0.579. The van der Waals surface area contributed by atoms with E-state index in [1.807, 2.05) is 69.3 Å². The molecule has 0 aliphatic carbocycles. The molecule has 5 rings (SSSR count). The number of sulfonamides is 1. The number of carbonyl (C=O) groups is 2. The van der Waals surface area contributed by atoms with Gasteiger partial charge < -0.3 is 15.0 Å². The van der Waals surface area contributed by atoms with Gasteiger partial charge in [0.1, 0.15) is 29.9 Å². The molecule has 51 heavy (non-hydrogen) atoms. The number of ether oxygens (including phenoxy) is 1. The summed E-state index contributed by atoms with van der Waals surface area (Å²) >= 11 is 0. The molecule has 264 valence electrons. The Balaban J connectivity index is 1.57. The van der Waals surface area contributed by atoms with Gasteiger partial charge in [-0.05, 0) is 80.4 Å². The highest BCUT2D eigenvalue weighted by Gasteiger charge is 2.35. The summed E-state index contributed by atoms with van der Waals surface area (Å²) in [6.07, 6.45) is 0.775. The van der Waals surface area contributed by atoms with E-state index in [0.717, 1.165) is 15.4 Å². The van der Waals surface area contributed by atoms with Gasteiger partial charge in [-0.1, -0.05) is 91.3 Å². The standard InChI is InChI=1S/C41H42FN3O5S/c1-4-31(3)43-41(47)39(27-32-13-7-5-8-14-32)44(28-33-15-11-12-18-38(33)42)40(46)29-45(51(48,49)37-25-19-30(2)20-26-37)34-21-23-36(24-22-34)50-35-16-9-6-10-17-35/h5-26,31,39H,4,27-29H2,1-3H3,(H,43,47)/t31-,39+/m0/s1. The van der Waals surface area contributed by atoms with Gasteiger partial charge in [0.15, 0.2) is 0 Å². The summed E-state index contributed by atoms with van der Waals surface area (Å²) in [6, 6.07) is 35.9. The number of nitrogens with one attached hydrogen (secondary N) is 1. The maximum Gasteiger partial charge on any atom is 0.264 e. The van der Waals surface area contributed by atoms with Crippen LogP contribution in [0.1, 0.15) is 37.0 Å². The largest absolute Gasteiger partial charge is 0.457 e. The van der Waals surface area contributed by atoms with E-state index in [1.165, 1.54) is 23.1 Å². The molecule has 10 heteroatoms. The zero-order valence-corrected chi connectivity index (χ0v) is 29.7. The molecule has 0 aromatic heterocycles. The van der Waals surface area contributed by atoms with Crippen molar-refractivity contribution in [3.8, 4) is 11.5 Å². The van der Waals surface area contributed by atoms with Gasteiger partial charge in [-0.15, -0.1) is 0 Å². The van der Waals surface area contributed by atoms with Gasteiger partial charge in [0.2, 0.25) is 11.8 Å². The fourth-order valence-electron chi connectivity index (χ4n) is 5.48. The highest BCUT2D eigenvalue weighted by atomic mass is 32.2. The van der Waals surface area contributed by atoms with Crippen molar-refractivity contribution in [2.75, 3.05) is 10.8 Å². The first kappa shape index (κ1) is 36.8. The lowest BCUT2D eigenvalue weighted by Gasteiger charge is -2.34. The van der Waals surface area contributed by atoms with Crippen molar-refractivity contribution in [1.82, 2.24) is 10.2 Å². The molecule has 0 saturated heterocycles. The number of anilines is 1. The fourth-order valence-corrected chi connectivity index (χ4v) is 6.89. The van der Waals surface area contributed by atoms with E-state index >= 15 is 4.39 Å². The Kier molecular flexibility index (Phi) is 12.2. The monoisotopic (exact) mass is 707 g/mol. The van der Waals surface area contributed by atoms with Gasteiger partial charge in [0.25, 0.3) is 10.0 Å². The third kappa shape index (κ3) is 9.61. The highest BCUT2D eigenvalue weighted by Crippen LogP contribution is 2.29. The van der Waals surface area contributed by atoms with Crippen LogP contribution in [0.3, 0.4) is 0 Å². The van der Waals surface area contributed by atoms with E-state index in [0.29, 0.717) is 17.9 Å². The van der Waals surface area contributed by atoms with E-state index in [-0.39, 0.29) is 35.2 Å². The zero-order chi connectivity index (χ0) is 36.4. The first-order valence-electron chi connectivity index (χ1n) is 16.8. The summed E-state index contributed by atoms with van der Waals surface area (Å²) in [5.41, 5.74) is 2.05. The Hall–Kier alpha value is -5.48. The molecule has 5 aromatic carbocycles. The van der Waals surface area contributed by atoms with Crippen LogP contribution in [0.2, 0.25) is 0 Å². The van der Waals surface area contributed by atoms with Gasteiger partial charge in [-0.2, -0.15) is 0 Å². The zero-order valence-electron chi connectivity index (χ0n) is 28.9. The van der Waals surface area contributed by atoms with Crippen molar-refractivity contribution < 1.29 is 27.1 Å². The van der Waals surface area contributed by atoms with Crippen LogP contribution in [-0.4, -0.2) is 43.8 Å². The molecular weight excluding hydrogens is 666 g/mol. The maximum atomic E-state index is 15.2. The minimum Gasteiger partial charge on any atom is -0.457 e. The van der Waals surface area contributed by atoms with Crippen molar-refractivity contribution in [3.63, 3.8) is 0 Å². The van der Waals surface area contributed by atoms with Gasteiger partial charge in [0, 0.05) is 24.6 Å². The smallest absolute Gasteiger partial charge is 0.264 e. The van der Waals surface area contributed by atoms with Crippen molar-refractivity contribution in [1.29, 1.82) is 0 Å². The molecule has 0 aliphatic heterocycles. The third-order valence-electron chi connectivity index (χ3n) is 8.56. The SMILES string of the molecule is CC[C@H](C)NC(=O)[C@@H](Cc1ccccc1)N(Cc1ccccc1F)C(=O)CN(c1ccc(Oc2ccccc2)cc1)S(=O)(=O)c1ccc(C)cc1. The van der Waals surface area contributed by atoms with Crippen LogP contribution in [0.5, 0.6) is 11.5 Å². The van der Waals surface area contributed by atoms with E-state index in [1.54, 1.807) is 66.7 Å². The predicted octanol–water partition coefficient (Wildman–Crippen LogP) is 7.68. The molecule has 0 spiro atoms. The molecule has 0 fully saturated rings. The van der Waals surface area contributed by atoms with Crippen LogP contribution in [0.4, 0.5) is 10.1 Å². The number of benzene rings is 5. The van der Waals surface area contributed by atoms with E-state index < -0.39 is 40.2 Å². The van der Waals surface area contributed by atoms with Crippen LogP contribution in [-0.2, 0) is 32.6 Å². The number of nitrogens with zero attached hydrogens (tertiary/aromatic N) is 2. The molecule has 5 aromatic rings. The molecule has 0 unspecified atom stereocenters. The minimum atomic E-state index is -4.31. The Labute approximate surface area is 299 Å². The fraction of sp³-hybridized carbons (Fsp3) is 0.220. The first-order chi connectivity index (χ1) is 24.5. The van der Waals surface area contributed by atoms with Crippen LogP contribution < -0.4 is 14.4 Å². The Morgan fingerprint density at radius 3 is 2.00 bits per heavy atom. The molecule has 0 radical (unpaired) electrons. The van der Waals surface area contributed by atoms with E-state index in [2.05, 4.69) is 5.32 Å². The van der Waals surface area contributed by atoms with Crippen LogP contribution in [0, 0.1) is 12.7 Å². The molecule has 0 bridgehead atoms. The lowest BCUT2D eigenvalue weighted by atomic mass is 10.0. The van der Waals surface area contributed by atoms with E-state index in [9.17, 15) is 18.0 Å². The molecule has 2 amide bonds. The number of hydrogen-bond donors (Lipinski definition) is 1. The number of aryl methyl sites for hydroxylation is 1. The molecule has 0 heterocycles. The van der Waals surface area contributed by atoms with Crippen LogP contribution in [0.25, 0.3) is 0 Å². The normalized spacial score (nSPS) is 12.4. The maximum absolute atomic E-state index is 15.2. The number of carbonyl (C=O) groups excluding carboxylic acids is 2. The number of para-hydroxylation sites is 1. The Bertz CT molecular complexity index is 2010. The van der Waals surface area contributed by atoms with Crippen molar-refractivity contribution >= 4 is 27.5 Å². The first-order valence-corrected chi connectivity index (χ1v) is 18.3. The van der Waals surface area contributed by atoms with Crippen molar-refractivity contribution in [2.45, 2.75) is 57.1 Å². The quantitative estimate of drug-likeness (QED) is 0.121. The lowest BCUT2D eigenvalue weighted by molar-refractivity contribution is -0.140. The van der Waals surface area contributed by atoms with Gasteiger partial charge in [-0.3, -0.25) is 13.9 Å². The average Bonchev–Trinajstić information content (AvgIpc) is 3.14. The highest BCUT2D eigenvalue weighted by molar-refractivity contribution is 7.92. The third-order valence-corrected chi connectivity index (χ3v) is 10.4. The Morgan fingerprint density at radius 1 is 0.784 bits per heavy atom. The summed E-state index contributed by atoms with van der Waals surface area (Å²) in [5, 5.41) is 2.99. The molecule has 0 aliphatic rings. The molecule has 0 saturated carbocycles. The van der Waals surface area contributed by atoms with Crippen LogP contribution in [0.15, 0.2) is 138 Å². The molecular formula is C41H42FN3O5S. The second-order valence-corrected chi connectivity index (χ2v) is 14.2. The van der Waals surface area contributed by atoms with E-state index in [4.69, 9.17) is 4.74 Å². The summed E-state index contributed by atoms with van der Waals surface area (Å²) in [7, 11) is -4.31. The Morgan fingerprint density at radius 2 is 1.37 bits per heavy atom.